The van der Waals surface area contributed by atoms with Crippen LogP contribution in [0.3, 0.4) is 0 Å². The summed E-state index contributed by atoms with van der Waals surface area (Å²) in [4.78, 5) is 3.05. The lowest BCUT2D eigenvalue weighted by atomic mass is 10.1. The first-order valence-corrected chi connectivity index (χ1v) is 6.74. The summed E-state index contributed by atoms with van der Waals surface area (Å²) in [5.74, 6) is 0. The monoisotopic (exact) mass is 243 g/mol. The molecule has 0 aliphatic rings. The summed E-state index contributed by atoms with van der Waals surface area (Å²) in [5.41, 5.74) is 2.77. The van der Waals surface area contributed by atoms with Crippen LogP contribution in [0.25, 0.3) is 10.9 Å². The smallest absolute Gasteiger partial charge is 0.263 e. The van der Waals surface area contributed by atoms with Crippen molar-refractivity contribution in [2.24, 2.45) is 0 Å². The third-order valence-corrected chi connectivity index (χ3v) is 3.95. The number of aromatic nitrogens is 1. The van der Waals surface area contributed by atoms with Gasteiger partial charge in [0, 0.05) is 27.8 Å². The molecule has 0 fully saturated rings. The van der Waals surface area contributed by atoms with E-state index in [-0.39, 0.29) is 4.90 Å². The van der Waals surface area contributed by atoms with Crippen molar-refractivity contribution < 1.29 is 8.42 Å². The predicted octanol–water partition coefficient (Wildman–Crippen LogP) is 2.71. The molecule has 1 aromatic carbocycles. The number of aryl methyl sites for hydroxylation is 2. The van der Waals surface area contributed by atoms with Gasteiger partial charge in [-0.25, -0.2) is 8.42 Å². The Labute approximate surface area is 92.5 Å². The van der Waals surface area contributed by atoms with E-state index in [0.29, 0.717) is 5.39 Å². The highest BCUT2D eigenvalue weighted by Crippen LogP contribution is 2.29. The van der Waals surface area contributed by atoms with Gasteiger partial charge >= 0.3 is 0 Å². The Balaban J connectivity index is 2.96. The molecule has 1 N–H and O–H groups in total. The van der Waals surface area contributed by atoms with Gasteiger partial charge in [-0.15, -0.1) is 0 Å². The lowest BCUT2D eigenvalue weighted by molar-refractivity contribution is 0.610. The number of hydrogen-bond donors (Lipinski definition) is 1. The highest BCUT2D eigenvalue weighted by Gasteiger charge is 2.17. The van der Waals surface area contributed by atoms with E-state index in [2.05, 4.69) is 4.98 Å². The van der Waals surface area contributed by atoms with Gasteiger partial charge in [-0.3, -0.25) is 0 Å². The van der Waals surface area contributed by atoms with Crippen LogP contribution in [-0.2, 0) is 9.05 Å². The molecule has 2 rings (SSSR count). The van der Waals surface area contributed by atoms with Gasteiger partial charge in [0.05, 0.1) is 0 Å². The summed E-state index contributed by atoms with van der Waals surface area (Å²) in [7, 11) is 1.67. The zero-order valence-electron chi connectivity index (χ0n) is 8.33. The van der Waals surface area contributed by atoms with E-state index in [1.54, 1.807) is 0 Å². The summed E-state index contributed by atoms with van der Waals surface area (Å²) >= 11 is 0. The Morgan fingerprint density at radius 1 is 1.27 bits per heavy atom. The first kappa shape index (κ1) is 10.5. The van der Waals surface area contributed by atoms with Crippen molar-refractivity contribution in [1.82, 2.24) is 4.98 Å². The number of benzene rings is 1. The highest BCUT2D eigenvalue weighted by molar-refractivity contribution is 8.14. The van der Waals surface area contributed by atoms with Crippen molar-refractivity contribution in [3.05, 3.63) is 29.5 Å². The normalized spacial score (nSPS) is 12.2. The van der Waals surface area contributed by atoms with Crippen LogP contribution in [0, 0.1) is 13.8 Å². The zero-order valence-corrected chi connectivity index (χ0v) is 9.91. The maximum Gasteiger partial charge on any atom is 0.263 e. The van der Waals surface area contributed by atoms with Crippen molar-refractivity contribution in [2.45, 2.75) is 18.7 Å². The number of H-pyrrole nitrogens is 1. The number of hydrogen-bond acceptors (Lipinski definition) is 2. The van der Waals surface area contributed by atoms with Crippen LogP contribution >= 0.6 is 10.7 Å². The molecule has 0 spiro atoms. The van der Waals surface area contributed by atoms with Gasteiger partial charge in [0.25, 0.3) is 9.05 Å². The Kier molecular flexibility index (Phi) is 2.28. The molecule has 0 radical (unpaired) electrons. The fourth-order valence-corrected chi connectivity index (χ4v) is 2.73. The molecular weight excluding hydrogens is 234 g/mol. The van der Waals surface area contributed by atoms with Gasteiger partial charge in [-0.2, -0.15) is 0 Å². The molecule has 15 heavy (non-hydrogen) atoms. The average molecular weight is 244 g/mol. The standard InChI is InChI=1S/C10H10ClNO2S/c1-6-3-4-8-10(7(6)2)9(5-12-8)15(11,13)14/h3-5,12H,1-2H3. The molecule has 80 valence electrons. The SMILES string of the molecule is Cc1ccc2[nH]cc(S(=O)(=O)Cl)c2c1C. The van der Waals surface area contributed by atoms with E-state index in [1.807, 2.05) is 26.0 Å². The Morgan fingerprint density at radius 3 is 2.53 bits per heavy atom. The maximum absolute atomic E-state index is 11.3. The quantitative estimate of drug-likeness (QED) is 0.783. The molecule has 5 heteroatoms. The second-order valence-electron chi connectivity index (χ2n) is 3.52. The summed E-state index contributed by atoms with van der Waals surface area (Å²) in [6.45, 7) is 3.82. The molecule has 0 aliphatic heterocycles. The van der Waals surface area contributed by atoms with Gasteiger partial charge in [0.15, 0.2) is 0 Å². The Morgan fingerprint density at radius 2 is 1.93 bits per heavy atom. The fourth-order valence-electron chi connectivity index (χ4n) is 1.66. The number of rotatable bonds is 1. The van der Waals surface area contributed by atoms with E-state index < -0.39 is 9.05 Å². The molecule has 0 bridgehead atoms. The van der Waals surface area contributed by atoms with Crippen LogP contribution in [0.5, 0.6) is 0 Å². The third-order valence-electron chi connectivity index (χ3n) is 2.60. The van der Waals surface area contributed by atoms with Gasteiger partial charge in [0.1, 0.15) is 4.90 Å². The van der Waals surface area contributed by atoms with Gasteiger partial charge in [-0.1, -0.05) is 6.07 Å². The molecular formula is C10H10ClNO2S. The van der Waals surface area contributed by atoms with Crippen LogP contribution in [0.4, 0.5) is 0 Å². The van der Waals surface area contributed by atoms with Crippen LogP contribution in [0.1, 0.15) is 11.1 Å². The van der Waals surface area contributed by atoms with Gasteiger partial charge < -0.3 is 4.98 Å². The fraction of sp³-hybridized carbons (Fsp3) is 0.200. The number of aromatic amines is 1. The molecule has 0 unspecified atom stereocenters. The molecule has 0 amide bonds. The largest absolute Gasteiger partial charge is 0.360 e. The molecule has 0 atom stereocenters. The summed E-state index contributed by atoms with van der Waals surface area (Å²) < 4.78 is 22.6. The lowest BCUT2D eigenvalue weighted by Crippen LogP contribution is -1.90. The minimum atomic E-state index is -3.68. The highest BCUT2D eigenvalue weighted by atomic mass is 35.7. The summed E-state index contributed by atoms with van der Waals surface area (Å²) in [5, 5.41) is 0.685. The molecule has 0 saturated carbocycles. The van der Waals surface area contributed by atoms with E-state index in [4.69, 9.17) is 10.7 Å². The van der Waals surface area contributed by atoms with Gasteiger partial charge in [-0.05, 0) is 31.0 Å². The van der Waals surface area contributed by atoms with Crippen molar-refractivity contribution >= 4 is 30.6 Å². The number of halogens is 1. The Hall–Kier alpha value is -1.00. The lowest BCUT2D eigenvalue weighted by Gasteiger charge is -2.02. The maximum atomic E-state index is 11.3. The second-order valence-corrected chi connectivity index (χ2v) is 6.06. The second kappa shape index (κ2) is 3.25. The van der Waals surface area contributed by atoms with Crippen LogP contribution in [-0.4, -0.2) is 13.4 Å². The molecule has 0 saturated heterocycles. The van der Waals surface area contributed by atoms with Crippen LogP contribution in [0.15, 0.2) is 23.2 Å². The molecule has 3 nitrogen and oxygen atoms in total. The molecule has 1 heterocycles. The summed E-state index contributed by atoms with van der Waals surface area (Å²) in [6.07, 6.45) is 1.43. The number of fused-ring (bicyclic) bond motifs is 1. The third kappa shape index (κ3) is 1.64. The van der Waals surface area contributed by atoms with Crippen molar-refractivity contribution in [3.8, 4) is 0 Å². The van der Waals surface area contributed by atoms with E-state index in [0.717, 1.165) is 16.6 Å². The van der Waals surface area contributed by atoms with Crippen molar-refractivity contribution in [2.75, 3.05) is 0 Å². The molecule has 2 aromatic rings. The zero-order chi connectivity index (χ0) is 11.2. The number of nitrogens with one attached hydrogen (secondary N) is 1. The molecule has 0 aliphatic carbocycles. The van der Waals surface area contributed by atoms with Crippen molar-refractivity contribution in [3.63, 3.8) is 0 Å². The molecule has 1 aromatic heterocycles. The Bertz CT molecular complexity index is 628. The average Bonchev–Trinajstić information content (AvgIpc) is 2.54. The van der Waals surface area contributed by atoms with Gasteiger partial charge in [0.2, 0.25) is 0 Å². The van der Waals surface area contributed by atoms with Crippen molar-refractivity contribution in [1.29, 1.82) is 0 Å². The van der Waals surface area contributed by atoms with E-state index in [9.17, 15) is 8.42 Å². The predicted molar refractivity (Wildman–Crippen MR) is 60.8 cm³/mol. The summed E-state index contributed by atoms with van der Waals surface area (Å²) in [6, 6.07) is 3.79. The first-order chi connectivity index (χ1) is 6.91. The topological polar surface area (TPSA) is 49.9 Å². The minimum Gasteiger partial charge on any atom is -0.360 e. The van der Waals surface area contributed by atoms with E-state index in [1.165, 1.54) is 6.20 Å². The minimum absolute atomic E-state index is 0.153. The van der Waals surface area contributed by atoms with Crippen LogP contribution < -0.4 is 0 Å². The first-order valence-electron chi connectivity index (χ1n) is 4.43. The van der Waals surface area contributed by atoms with E-state index >= 15 is 0 Å². The van der Waals surface area contributed by atoms with Crippen LogP contribution in [0.2, 0.25) is 0 Å².